The first kappa shape index (κ1) is 28.4. The normalized spacial score (nSPS) is 11.0. The first-order chi connectivity index (χ1) is 18.9. The van der Waals surface area contributed by atoms with Crippen molar-refractivity contribution >= 4 is 81.1 Å². The third kappa shape index (κ3) is 8.98. The molecule has 4 aromatic rings. The van der Waals surface area contributed by atoms with Gasteiger partial charge < -0.3 is 16.0 Å². The molecule has 0 aliphatic carbocycles. The molecule has 0 saturated carbocycles. The zero-order valence-electron chi connectivity index (χ0n) is 20.5. The van der Waals surface area contributed by atoms with E-state index in [1.165, 1.54) is 11.8 Å². The summed E-state index contributed by atoms with van der Waals surface area (Å²) < 4.78 is 1.10. The summed E-state index contributed by atoms with van der Waals surface area (Å²) in [6, 6.07) is 30.3. The summed E-state index contributed by atoms with van der Waals surface area (Å²) in [5, 5.41) is 8.91. The predicted octanol–water partition coefficient (Wildman–Crippen LogP) is 7.09. The fraction of sp³-hybridized carbons (Fsp3) is 0.0333. The van der Waals surface area contributed by atoms with E-state index in [0.29, 0.717) is 21.8 Å². The molecule has 0 aliphatic rings. The third-order valence-electron chi connectivity index (χ3n) is 5.30. The van der Waals surface area contributed by atoms with Crippen molar-refractivity contribution in [3.05, 3.63) is 129 Å². The molecule has 0 atom stereocenters. The van der Waals surface area contributed by atoms with E-state index in [1.807, 2.05) is 42.5 Å². The second-order valence-corrected chi connectivity index (χ2v) is 11.0. The highest BCUT2D eigenvalue weighted by atomic mass is 127. The molecule has 39 heavy (non-hydrogen) atoms. The molecule has 0 aliphatic heterocycles. The highest BCUT2D eigenvalue weighted by molar-refractivity contribution is 14.1. The number of carbonyl (C=O) groups is 3. The number of rotatable bonds is 9. The van der Waals surface area contributed by atoms with E-state index in [-0.39, 0.29) is 17.4 Å². The van der Waals surface area contributed by atoms with Gasteiger partial charge in [0, 0.05) is 30.4 Å². The van der Waals surface area contributed by atoms with E-state index in [4.69, 9.17) is 11.6 Å². The van der Waals surface area contributed by atoms with Gasteiger partial charge in [-0.1, -0.05) is 41.9 Å². The Morgan fingerprint density at radius 1 is 0.795 bits per heavy atom. The van der Waals surface area contributed by atoms with Crippen LogP contribution in [0.1, 0.15) is 15.9 Å². The summed E-state index contributed by atoms with van der Waals surface area (Å²) >= 11 is 9.70. The Morgan fingerprint density at radius 2 is 1.46 bits per heavy atom. The van der Waals surface area contributed by atoms with Gasteiger partial charge in [-0.2, -0.15) is 0 Å². The van der Waals surface area contributed by atoms with Gasteiger partial charge in [0.25, 0.3) is 11.8 Å². The Labute approximate surface area is 249 Å². The van der Waals surface area contributed by atoms with E-state index in [2.05, 4.69) is 38.5 Å². The van der Waals surface area contributed by atoms with Gasteiger partial charge in [-0.25, -0.2) is 0 Å². The van der Waals surface area contributed by atoms with E-state index < -0.39 is 11.8 Å². The van der Waals surface area contributed by atoms with Crippen LogP contribution in [0.25, 0.3) is 6.08 Å². The highest BCUT2D eigenvalue weighted by Gasteiger charge is 2.15. The molecule has 3 N–H and O–H groups in total. The maximum Gasteiger partial charge on any atom is 0.272 e. The molecule has 0 spiro atoms. The molecule has 0 saturated heterocycles. The van der Waals surface area contributed by atoms with E-state index in [1.54, 1.807) is 66.7 Å². The summed E-state index contributed by atoms with van der Waals surface area (Å²) in [5.74, 6) is -0.759. The van der Waals surface area contributed by atoms with Crippen molar-refractivity contribution in [3.8, 4) is 0 Å². The Kier molecular flexibility index (Phi) is 10.2. The summed E-state index contributed by atoms with van der Waals surface area (Å²) in [7, 11) is 0. The van der Waals surface area contributed by atoms with Crippen LogP contribution in [-0.4, -0.2) is 23.5 Å². The minimum atomic E-state index is -0.489. The molecule has 0 unspecified atom stereocenters. The van der Waals surface area contributed by atoms with Crippen molar-refractivity contribution in [1.82, 2.24) is 5.32 Å². The van der Waals surface area contributed by atoms with Crippen molar-refractivity contribution in [2.75, 3.05) is 16.4 Å². The lowest BCUT2D eigenvalue weighted by atomic mass is 10.1. The average Bonchev–Trinajstić information content (AvgIpc) is 2.94. The fourth-order valence-corrected chi connectivity index (χ4v) is 4.67. The van der Waals surface area contributed by atoms with Crippen LogP contribution in [0.4, 0.5) is 11.4 Å². The number of hydrogen-bond donors (Lipinski definition) is 3. The zero-order valence-corrected chi connectivity index (χ0v) is 24.2. The zero-order chi connectivity index (χ0) is 27.6. The number of benzene rings is 4. The van der Waals surface area contributed by atoms with Gasteiger partial charge in [0.1, 0.15) is 5.70 Å². The lowest BCUT2D eigenvalue weighted by Crippen LogP contribution is -2.30. The van der Waals surface area contributed by atoms with Gasteiger partial charge in [-0.15, -0.1) is 11.8 Å². The molecule has 0 aromatic heterocycles. The number of carbonyl (C=O) groups excluding carboxylic acids is 3. The number of halogens is 2. The molecule has 4 aromatic carbocycles. The van der Waals surface area contributed by atoms with Crippen LogP contribution in [0.15, 0.2) is 114 Å². The molecular formula is C30H23ClIN3O3S. The number of anilines is 2. The molecule has 196 valence electrons. The minimum absolute atomic E-state index is 0.0665. The molecular weight excluding hydrogens is 645 g/mol. The van der Waals surface area contributed by atoms with Crippen molar-refractivity contribution < 1.29 is 14.4 Å². The van der Waals surface area contributed by atoms with E-state index in [0.717, 1.165) is 14.2 Å². The second kappa shape index (κ2) is 14.0. The number of thioether (sulfide) groups is 1. The second-order valence-electron chi connectivity index (χ2n) is 8.26. The smallest absolute Gasteiger partial charge is 0.272 e. The molecule has 0 fully saturated rings. The van der Waals surface area contributed by atoms with Crippen molar-refractivity contribution in [2.24, 2.45) is 0 Å². The van der Waals surface area contributed by atoms with Gasteiger partial charge in [-0.05, 0) is 107 Å². The molecule has 0 radical (unpaired) electrons. The van der Waals surface area contributed by atoms with Gasteiger partial charge in [-0.3, -0.25) is 14.4 Å². The maximum absolute atomic E-state index is 13.2. The van der Waals surface area contributed by atoms with Crippen molar-refractivity contribution in [2.45, 2.75) is 4.90 Å². The molecule has 3 amide bonds. The van der Waals surface area contributed by atoms with Crippen LogP contribution in [0, 0.1) is 3.57 Å². The molecule has 9 heteroatoms. The first-order valence-corrected chi connectivity index (χ1v) is 14.2. The predicted molar refractivity (Wildman–Crippen MR) is 167 cm³/mol. The largest absolute Gasteiger partial charge is 0.325 e. The molecule has 0 bridgehead atoms. The van der Waals surface area contributed by atoms with Crippen LogP contribution in [0.5, 0.6) is 0 Å². The van der Waals surface area contributed by atoms with Crippen LogP contribution < -0.4 is 16.0 Å². The highest BCUT2D eigenvalue weighted by Crippen LogP contribution is 2.22. The Morgan fingerprint density at radius 3 is 2.15 bits per heavy atom. The van der Waals surface area contributed by atoms with E-state index in [9.17, 15) is 14.4 Å². The van der Waals surface area contributed by atoms with Gasteiger partial charge in [0.05, 0.1) is 5.75 Å². The van der Waals surface area contributed by atoms with Crippen LogP contribution >= 0.6 is 46.0 Å². The van der Waals surface area contributed by atoms with Gasteiger partial charge in [0.15, 0.2) is 0 Å². The van der Waals surface area contributed by atoms with Crippen LogP contribution in [0.2, 0.25) is 5.02 Å². The Hall–Kier alpha value is -3.60. The lowest BCUT2D eigenvalue weighted by molar-refractivity contribution is -0.114. The summed E-state index contributed by atoms with van der Waals surface area (Å²) in [5.41, 5.74) is 2.45. The van der Waals surface area contributed by atoms with Crippen LogP contribution in [0.3, 0.4) is 0 Å². The quantitative estimate of drug-likeness (QED) is 0.101. The third-order valence-corrected chi connectivity index (χ3v) is 7.26. The van der Waals surface area contributed by atoms with Crippen molar-refractivity contribution in [1.29, 1.82) is 0 Å². The average molecular weight is 668 g/mol. The molecule has 4 rings (SSSR count). The minimum Gasteiger partial charge on any atom is -0.325 e. The summed E-state index contributed by atoms with van der Waals surface area (Å²) in [6.07, 6.45) is 1.57. The summed E-state index contributed by atoms with van der Waals surface area (Å²) in [6.45, 7) is 0. The number of nitrogens with one attached hydrogen (secondary N) is 3. The first-order valence-electron chi connectivity index (χ1n) is 11.8. The Bertz CT molecular complexity index is 1490. The molecule has 0 heterocycles. The maximum atomic E-state index is 13.2. The standard InChI is InChI=1S/C30H23ClIN3O3S/c31-22-8-4-5-20(17-22)18-27(35-29(37)21-6-2-1-3-7-21)30(38)34-25-13-15-26(16-14-25)39-19-28(36)33-24-11-9-23(32)10-12-24/h1-18H,19H2,(H,33,36)(H,34,38)(H,35,37)/b27-18-. The number of amides is 3. The lowest BCUT2D eigenvalue weighted by Gasteiger charge is -2.12. The SMILES string of the molecule is O=C(CSc1ccc(NC(=O)/C(=C/c2cccc(Cl)c2)NC(=O)c2ccccc2)cc1)Nc1ccc(I)cc1. The topological polar surface area (TPSA) is 87.3 Å². The Balaban J connectivity index is 1.40. The van der Waals surface area contributed by atoms with E-state index >= 15 is 0 Å². The van der Waals surface area contributed by atoms with Crippen molar-refractivity contribution in [3.63, 3.8) is 0 Å². The fourth-order valence-electron chi connectivity index (χ4n) is 3.42. The van der Waals surface area contributed by atoms with Crippen LogP contribution in [-0.2, 0) is 9.59 Å². The van der Waals surface area contributed by atoms with Gasteiger partial charge >= 0.3 is 0 Å². The number of hydrogen-bond acceptors (Lipinski definition) is 4. The molecule has 6 nitrogen and oxygen atoms in total. The van der Waals surface area contributed by atoms with Gasteiger partial charge in [0.2, 0.25) is 5.91 Å². The summed E-state index contributed by atoms with van der Waals surface area (Å²) in [4.78, 5) is 39.1. The monoisotopic (exact) mass is 667 g/mol.